The Morgan fingerprint density at radius 2 is 1.67 bits per heavy atom. The molecular formula is C15H16O3. The number of benzene rings is 1. The number of carbonyl (C=O) groups is 2. The van der Waals surface area contributed by atoms with Gasteiger partial charge in [-0.05, 0) is 12.8 Å². The zero-order chi connectivity index (χ0) is 13.1. The number of fused-ring (bicyclic) bond motifs is 1. The van der Waals surface area contributed by atoms with Crippen LogP contribution >= 0.6 is 0 Å². The average molecular weight is 244 g/mol. The molecule has 0 heterocycles. The zero-order valence-corrected chi connectivity index (χ0v) is 10.6. The molecule has 3 heteroatoms. The van der Waals surface area contributed by atoms with Crippen molar-refractivity contribution in [2.75, 3.05) is 0 Å². The standard InChI is InChI=1S/C15H16O3/c1-3-10(4-2)18-14-9-13(16)11-7-5-6-8-12(11)15(14)17/h5-10H,3-4H2,1-2H3. The van der Waals surface area contributed by atoms with Crippen LogP contribution in [0.5, 0.6) is 0 Å². The van der Waals surface area contributed by atoms with Gasteiger partial charge in [0.2, 0.25) is 5.78 Å². The third-order valence-corrected chi connectivity index (χ3v) is 3.13. The molecular weight excluding hydrogens is 228 g/mol. The normalized spacial score (nSPS) is 14.5. The van der Waals surface area contributed by atoms with Gasteiger partial charge in [0.25, 0.3) is 0 Å². The summed E-state index contributed by atoms with van der Waals surface area (Å²) in [4.78, 5) is 24.1. The number of carbonyl (C=O) groups excluding carboxylic acids is 2. The Balaban J connectivity index is 2.31. The van der Waals surface area contributed by atoms with E-state index in [-0.39, 0.29) is 23.4 Å². The molecule has 0 bridgehead atoms. The average Bonchev–Trinajstić information content (AvgIpc) is 2.41. The van der Waals surface area contributed by atoms with Crippen LogP contribution in [0.1, 0.15) is 47.4 Å². The van der Waals surface area contributed by atoms with Crippen molar-refractivity contribution in [1.82, 2.24) is 0 Å². The summed E-state index contributed by atoms with van der Waals surface area (Å²) in [6.07, 6.45) is 2.93. The van der Waals surface area contributed by atoms with Crippen LogP contribution in [-0.4, -0.2) is 17.7 Å². The van der Waals surface area contributed by atoms with Crippen molar-refractivity contribution in [2.24, 2.45) is 0 Å². The van der Waals surface area contributed by atoms with E-state index in [1.54, 1.807) is 24.3 Å². The summed E-state index contributed by atoms with van der Waals surface area (Å²) in [7, 11) is 0. The number of Topliss-reactive ketones (excluding diaryl/α,β-unsaturated/α-hetero) is 1. The van der Waals surface area contributed by atoms with Gasteiger partial charge in [-0.1, -0.05) is 38.1 Å². The molecule has 0 fully saturated rings. The van der Waals surface area contributed by atoms with E-state index in [0.29, 0.717) is 11.1 Å². The number of ether oxygens (including phenoxy) is 1. The summed E-state index contributed by atoms with van der Waals surface area (Å²) in [5.41, 5.74) is 0.894. The van der Waals surface area contributed by atoms with E-state index in [9.17, 15) is 9.59 Å². The van der Waals surface area contributed by atoms with Gasteiger partial charge in [0.15, 0.2) is 11.5 Å². The highest BCUT2D eigenvalue weighted by Crippen LogP contribution is 2.23. The first kappa shape index (κ1) is 12.6. The zero-order valence-electron chi connectivity index (χ0n) is 10.6. The van der Waals surface area contributed by atoms with E-state index in [4.69, 9.17) is 4.74 Å². The summed E-state index contributed by atoms with van der Waals surface area (Å²) in [6.45, 7) is 4.00. The second-order valence-corrected chi connectivity index (χ2v) is 4.30. The Morgan fingerprint density at radius 1 is 1.06 bits per heavy atom. The highest BCUT2D eigenvalue weighted by molar-refractivity contribution is 6.23. The molecule has 1 aromatic carbocycles. The molecule has 0 spiro atoms. The van der Waals surface area contributed by atoms with Crippen LogP contribution in [0.2, 0.25) is 0 Å². The molecule has 0 atom stereocenters. The van der Waals surface area contributed by atoms with Crippen LogP contribution in [0.25, 0.3) is 0 Å². The molecule has 0 amide bonds. The Kier molecular flexibility index (Phi) is 3.60. The molecule has 0 saturated carbocycles. The smallest absolute Gasteiger partial charge is 0.228 e. The lowest BCUT2D eigenvalue weighted by Gasteiger charge is -2.20. The fraction of sp³-hybridized carbons (Fsp3) is 0.333. The largest absolute Gasteiger partial charge is 0.486 e. The third kappa shape index (κ3) is 2.21. The number of rotatable bonds is 4. The first-order valence-corrected chi connectivity index (χ1v) is 6.23. The van der Waals surface area contributed by atoms with Crippen LogP contribution in [0.3, 0.4) is 0 Å². The van der Waals surface area contributed by atoms with Crippen molar-refractivity contribution in [3.63, 3.8) is 0 Å². The van der Waals surface area contributed by atoms with Gasteiger partial charge in [0.1, 0.15) is 0 Å². The monoisotopic (exact) mass is 244 g/mol. The van der Waals surface area contributed by atoms with Gasteiger partial charge in [-0.25, -0.2) is 0 Å². The summed E-state index contributed by atoms with van der Waals surface area (Å²) in [5, 5.41) is 0. The van der Waals surface area contributed by atoms with Crippen LogP contribution in [0.4, 0.5) is 0 Å². The van der Waals surface area contributed by atoms with E-state index >= 15 is 0 Å². The third-order valence-electron chi connectivity index (χ3n) is 3.13. The predicted octanol–water partition coefficient (Wildman–Crippen LogP) is 3.15. The maximum atomic E-state index is 12.2. The molecule has 0 unspecified atom stereocenters. The van der Waals surface area contributed by atoms with Gasteiger partial charge in [0, 0.05) is 17.2 Å². The van der Waals surface area contributed by atoms with E-state index in [1.807, 2.05) is 13.8 Å². The van der Waals surface area contributed by atoms with Crippen molar-refractivity contribution in [1.29, 1.82) is 0 Å². The highest BCUT2D eigenvalue weighted by atomic mass is 16.5. The quantitative estimate of drug-likeness (QED) is 0.817. The molecule has 3 nitrogen and oxygen atoms in total. The Bertz CT molecular complexity index is 510. The first-order chi connectivity index (χ1) is 8.67. The fourth-order valence-electron chi connectivity index (χ4n) is 2.01. The van der Waals surface area contributed by atoms with Gasteiger partial charge < -0.3 is 4.74 Å². The molecule has 18 heavy (non-hydrogen) atoms. The minimum Gasteiger partial charge on any atom is -0.486 e. The lowest BCUT2D eigenvalue weighted by atomic mass is 9.93. The lowest BCUT2D eigenvalue weighted by molar-refractivity contribution is 0.0722. The fourth-order valence-corrected chi connectivity index (χ4v) is 2.01. The van der Waals surface area contributed by atoms with Crippen LogP contribution in [0.15, 0.2) is 36.1 Å². The Labute approximate surface area is 106 Å². The minimum absolute atomic E-state index is 0.0155. The topological polar surface area (TPSA) is 43.4 Å². The molecule has 2 rings (SSSR count). The van der Waals surface area contributed by atoms with Crippen molar-refractivity contribution in [3.8, 4) is 0 Å². The van der Waals surface area contributed by atoms with E-state index in [2.05, 4.69) is 0 Å². The molecule has 94 valence electrons. The van der Waals surface area contributed by atoms with Crippen LogP contribution < -0.4 is 0 Å². The number of hydrogen-bond donors (Lipinski definition) is 0. The molecule has 1 aliphatic carbocycles. The maximum absolute atomic E-state index is 12.2. The summed E-state index contributed by atoms with van der Waals surface area (Å²) in [5.74, 6) is -0.185. The second-order valence-electron chi connectivity index (χ2n) is 4.30. The Morgan fingerprint density at radius 3 is 2.28 bits per heavy atom. The first-order valence-electron chi connectivity index (χ1n) is 6.23. The molecule has 0 saturated heterocycles. The van der Waals surface area contributed by atoms with Gasteiger partial charge in [-0.15, -0.1) is 0 Å². The van der Waals surface area contributed by atoms with E-state index < -0.39 is 0 Å². The van der Waals surface area contributed by atoms with Crippen LogP contribution in [-0.2, 0) is 4.74 Å². The number of hydrogen-bond acceptors (Lipinski definition) is 3. The molecule has 0 N–H and O–H groups in total. The molecule has 0 aromatic heterocycles. The van der Waals surface area contributed by atoms with E-state index in [0.717, 1.165) is 12.8 Å². The SMILES string of the molecule is CCC(CC)OC1=CC(=O)c2ccccc2C1=O. The molecule has 0 radical (unpaired) electrons. The van der Waals surface area contributed by atoms with Gasteiger partial charge in [-0.3, -0.25) is 9.59 Å². The van der Waals surface area contributed by atoms with Crippen molar-refractivity contribution < 1.29 is 14.3 Å². The van der Waals surface area contributed by atoms with E-state index in [1.165, 1.54) is 6.08 Å². The van der Waals surface area contributed by atoms with Gasteiger partial charge in [-0.2, -0.15) is 0 Å². The summed E-state index contributed by atoms with van der Waals surface area (Å²) in [6, 6.07) is 6.84. The van der Waals surface area contributed by atoms with Crippen molar-refractivity contribution in [2.45, 2.75) is 32.8 Å². The maximum Gasteiger partial charge on any atom is 0.228 e. The van der Waals surface area contributed by atoms with Crippen LogP contribution in [0, 0.1) is 0 Å². The summed E-state index contributed by atoms with van der Waals surface area (Å²) < 4.78 is 5.62. The second kappa shape index (κ2) is 5.17. The number of ketones is 2. The highest BCUT2D eigenvalue weighted by Gasteiger charge is 2.27. The summed E-state index contributed by atoms with van der Waals surface area (Å²) >= 11 is 0. The van der Waals surface area contributed by atoms with Gasteiger partial charge >= 0.3 is 0 Å². The van der Waals surface area contributed by atoms with Crippen molar-refractivity contribution >= 4 is 11.6 Å². The lowest BCUT2D eigenvalue weighted by Crippen LogP contribution is -2.22. The van der Waals surface area contributed by atoms with Crippen molar-refractivity contribution in [3.05, 3.63) is 47.2 Å². The molecule has 0 aliphatic heterocycles. The Hall–Kier alpha value is -1.90. The van der Waals surface area contributed by atoms with Gasteiger partial charge in [0.05, 0.1) is 6.10 Å². The molecule has 1 aliphatic rings. The number of allylic oxidation sites excluding steroid dienone is 2. The minimum atomic E-state index is -0.197. The molecule has 1 aromatic rings. The predicted molar refractivity (Wildman–Crippen MR) is 68.6 cm³/mol.